The van der Waals surface area contributed by atoms with Gasteiger partial charge in [0.2, 0.25) is 0 Å². The van der Waals surface area contributed by atoms with E-state index < -0.39 is 0 Å². The molecule has 0 spiro atoms. The van der Waals surface area contributed by atoms with Crippen LogP contribution >= 0.6 is 15.9 Å². The average molecular weight is 330 g/mol. The van der Waals surface area contributed by atoms with Gasteiger partial charge >= 0.3 is 0 Å². The lowest BCUT2D eigenvalue weighted by atomic mass is 10.1. The van der Waals surface area contributed by atoms with E-state index in [1.54, 1.807) is 32.4 Å². The zero-order valence-electron chi connectivity index (χ0n) is 11.4. The van der Waals surface area contributed by atoms with Gasteiger partial charge in [-0.1, -0.05) is 28.4 Å². The first-order valence-electron chi connectivity index (χ1n) is 6.29. The second-order valence-corrected chi connectivity index (χ2v) is 4.84. The number of rotatable bonds is 8. The van der Waals surface area contributed by atoms with Crippen molar-refractivity contribution >= 4 is 21.8 Å². The molecule has 0 aliphatic heterocycles. The van der Waals surface area contributed by atoms with Crippen LogP contribution in [0.2, 0.25) is 0 Å². The van der Waals surface area contributed by atoms with E-state index in [0.717, 1.165) is 24.6 Å². The Morgan fingerprint density at radius 2 is 1.79 bits per heavy atom. The molecule has 4 nitrogen and oxygen atoms in total. The van der Waals surface area contributed by atoms with Crippen molar-refractivity contribution in [2.75, 3.05) is 26.1 Å². The van der Waals surface area contributed by atoms with E-state index in [9.17, 15) is 4.79 Å². The number of amides is 1. The van der Waals surface area contributed by atoms with Crippen molar-refractivity contribution in [1.82, 2.24) is 5.32 Å². The molecule has 0 aromatic heterocycles. The van der Waals surface area contributed by atoms with Crippen molar-refractivity contribution in [3.05, 3.63) is 23.8 Å². The molecule has 0 bridgehead atoms. The second kappa shape index (κ2) is 8.80. The fourth-order valence-electron chi connectivity index (χ4n) is 1.76. The van der Waals surface area contributed by atoms with E-state index in [-0.39, 0.29) is 5.91 Å². The minimum absolute atomic E-state index is 0.159. The third-order valence-electron chi connectivity index (χ3n) is 2.75. The van der Waals surface area contributed by atoms with E-state index in [0.29, 0.717) is 23.6 Å². The average Bonchev–Trinajstić information content (AvgIpc) is 2.45. The zero-order chi connectivity index (χ0) is 14.1. The Morgan fingerprint density at radius 3 is 2.32 bits per heavy atom. The predicted octanol–water partition coefficient (Wildman–Crippen LogP) is 3.00. The van der Waals surface area contributed by atoms with Gasteiger partial charge in [0.15, 0.2) is 0 Å². The van der Waals surface area contributed by atoms with Crippen LogP contribution in [0.5, 0.6) is 11.5 Å². The quantitative estimate of drug-likeness (QED) is 0.589. The number of nitrogens with one attached hydrogen (secondary N) is 1. The molecule has 0 aliphatic carbocycles. The number of ether oxygens (including phenoxy) is 2. The summed E-state index contributed by atoms with van der Waals surface area (Å²) in [4.78, 5) is 12.2. The molecule has 1 aromatic carbocycles. The van der Waals surface area contributed by atoms with E-state index in [1.165, 1.54) is 0 Å². The summed E-state index contributed by atoms with van der Waals surface area (Å²) < 4.78 is 10.4. The van der Waals surface area contributed by atoms with Crippen molar-refractivity contribution in [3.8, 4) is 11.5 Å². The molecule has 19 heavy (non-hydrogen) atoms. The molecule has 1 rings (SSSR count). The number of carbonyl (C=O) groups is 1. The van der Waals surface area contributed by atoms with Crippen LogP contribution in [0, 0.1) is 0 Å². The standard InChI is InChI=1S/C14H20BrNO3/c1-18-11-7-6-8-12(19-2)13(11)14(17)16-10-5-3-4-9-15/h6-8H,3-5,9-10H2,1-2H3,(H,16,17). The summed E-state index contributed by atoms with van der Waals surface area (Å²) >= 11 is 3.38. The summed E-state index contributed by atoms with van der Waals surface area (Å²) in [6.07, 6.45) is 3.18. The minimum atomic E-state index is -0.159. The van der Waals surface area contributed by atoms with Gasteiger partial charge in [-0.15, -0.1) is 0 Å². The molecule has 0 heterocycles. The minimum Gasteiger partial charge on any atom is -0.496 e. The normalized spacial score (nSPS) is 10.1. The molecular weight excluding hydrogens is 310 g/mol. The number of methoxy groups -OCH3 is 2. The first-order valence-corrected chi connectivity index (χ1v) is 7.42. The Labute approximate surface area is 122 Å². The first-order chi connectivity index (χ1) is 9.24. The zero-order valence-corrected chi connectivity index (χ0v) is 13.0. The van der Waals surface area contributed by atoms with Gasteiger partial charge < -0.3 is 14.8 Å². The number of halogens is 1. The Kier molecular flexibility index (Phi) is 7.33. The van der Waals surface area contributed by atoms with Crippen molar-refractivity contribution in [2.24, 2.45) is 0 Å². The van der Waals surface area contributed by atoms with Crippen LogP contribution in [0.3, 0.4) is 0 Å². The third-order valence-corrected chi connectivity index (χ3v) is 3.31. The summed E-state index contributed by atoms with van der Waals surface area (Å²) in [7, 11) is 3.09. The number of carbonyl (C=O) groups excluding carboxylic acids is 1. The van der Waals surface area contributed by atoms with Gasteiger partial charge in [0.25, 0.3) is 5.91 Å². The van der Waals surface area contributed by atoms with Gasteiger partial charge in [-0.05, 0) is 25.0 Å². The van der Waals surface area contributed by atoms with Crippen molar-refractivity contribution in [1.29, 1.82) is 0 Å². The molecule has 0 saturated carbocycles. The molecule has 1 N–H and O–H groups in total. The first kappa shape index (κ1) is 15.8. The van der Waals surface area contributed by atoms with Gasteiger partial charge in [0.05, 0.1) is 14.2 Å². The Balaban J connectivity index is 2.65. The summed E-state index contributed by atoms with van der Waals surface area (Å²) in [5, 5.41) is 3.89. The lowest BCUT2D eigenvalue weighted by Crippen LogP contribution is -2.25. The van der Waals surface area contributed by atoms with Crippen molar-refractivity contribution in [2.45, 2.75) is 19.3 Å². The van der Waals surface area contributed by atoms with Gasteiger partial charge in [-0.2, -0.15) is 0 Å². The third kappa shape index (κ3) is 4.74. The van der Waals surface area contributed by atoms with Crippen molar-refractivity contribution in [3.63, 3.8) is 0 Å². The molecule has 0 aliphatic rings. The Morgan fingerprint density at radius 1 is 1.16 bits per heavy atom. The summed E-state index contributed by atoms with van der Waals surface area (Å²) in [5.74, 6) is 0.891. The number of unbranched alkanes of at least 4 members (excludes halogenated alkanes) is 2. The van der Waals surface area contributed by atoms with Gasteiger partial charge in [0.1, 0.15) is 17.1 Å². The molecule has 0 atom stereocenters. The molecule has 106 valence electrons. The predicted molar refractivity (Wildman–Crippen MR) is 79.5 cm³/mol. The Bertz CT molecular complexity index is 387. The molecule has 0 unspecified atom stereocenters. The molecule has 5 heteroatoms. The van der Waals surface area contributed by atoms with E-state index in [4.69, 9.17) is 9.47 Å². The smallest absolute Gasteiger partial charge is 0.258 e. The fourth-order valence-corrected chi connectivity index (χ4v) is 2.16. The second-order valence-electron chi connectivity index (χ2n) is 4.04. The molecule has 0 fully saturated rings. The highest BCUT2D eigenvalue weighted by Gasteiger charge is 2.17. The van der Waals surface area contributed by atoms with Gasteiger partial charge in [-0.25, -0.2) is 0 Å². The lowest BCUT2D eigenvalue weighted by molar-refractivity contribution is 0.0946. The number of alkyl halides is 1. The van der Waals surface area contributed by atoms with Crippen LogP contribution in [0.1, 0.15) is 29.6 Å². The summed E-state index contributed by atoms with van der Waals surface area (Å²) in [5.41, 5.74) is 0.452. The number of benzene rings is 1. The molecule has 1 amide bonds. The van der Waals surface area contributed by atoms with Crippen LogP contribution in [0.15, 0.2) is 18.2 Å². The number of hydrogen-bond donors (Lipinski definition) is 1. The highest BCUT2D eigenvalue weighted by Crippen LogP contribution is 2.27. The topological polar surface area (TPSA) is 47.6 Å². The Hall–Kier alpha value is -1.23. The van der Waals surface area contributed by atoms with Gasteiger partial charge in [-0.3, -0.25) is 4.79 Å². The van der Waals surface area contributed by atoms with Gasteiger partial charge in [0, 0.05) is 11.9 Å². The molecule has 1 aromatic rings. The van der Waals surface area contributed by atoms with E-state index in [2.05, 4.69) is 21.2 Å². The maximum absolute atomic E-state index is 12.2. The van der Waals surface area contributed by atoms with E-state index in [1.807, 2.05) is 0 Å². The molecular formula is C14H20BrNO3. The van der Waals surface area contributed by atoms with Crippen LogP contribution < -0.4 is 14.8 Å². The summed E-state index contributed by atoms with van der Waals surface area (Å²) in [6, 6.07) is 5.30. The largest absolute Gasteiger partial charge is 0.496 e. The van der Waals surface area contributed by atoms with Crippen LogP contribution in [0.4, 0.5) is 0 Å². The van der Waals surface area contributed by atoms with Crippen molar-refractivity contribution < 1.29 is 14.3 Å². The monoisotopic (exact) mass is 329 g/mol. The lowest BCUT2D eigenvalue weighted by Gasteiger charge is -2.12. The SMILES string of the molecule is COc1cccc(OC)c1C(=O)NCCCCCBr. The van der Waals surface area contributed by atoms with Crippen LogP contribution in [-0.4, -0.2) is 32.0 Å². The number of hydrogen-bond acceptors (Lipinski definition) is 3. The highest BCUT2D eigenvalue weighted by atomic mass is 79.9. The van der Waals surface area contributed by atoms with Crippen LogP contribution in [-0.2, 0) is 0 Å². The van der Waals surface area contributed by atoms with E-state index >= 15 is 0 Å². The maximum Gasteiger partial charge on any atom is 0.258 e. The van der Waals surface area contributed by atoms with Crippen LogP contribution in [0.25, 0.3) is 0 Å². The highest BCUT2D eigenvalue weighted by molar-refractivity contribution is 9.09. The fraction of sp³-hybridized carbons (Fsp3) is 0.500. The molecule has 0 saturated heterocycles. The molecule has 0 radical (unpaired) electrons. The maximum atomic E-state index is 12.2. The summed E-state index contributed by atoms with van der Waals surface area (Å²) in [6.45, 7) is 0.660.